The minimum Gasteiger partial charge on any atom is -0.497 e. The van der Waals surface area contributed by atoms with Crippen molar-refractivity contribution in [1.82, 2.24) is 10.6 Å². The van der Waals surface area contributed by atoms with E-state index in [9.17, 15) is 9.59 Å². The predicted octanol–water partition coefficient (Wildman–Crippen LogP) is 3.88. The Morgan fingerprint density at radius 1 is 0.688 bits per heavy atom. The predicted molar refractivity (Wildman–Crippen MR) is 134 cm³/mol. The van der Waals surface area contributed by atoms with E-state index in [1.807, 2.05) is 48.5 Å². The number of carbonyl (C=O) groups is 2. The van der Waals surface area contributed by atoms with E-state index in [1.54, 1.807) is 37.7 Å². The van der Waals surface area contributed by atoms with Gasteiger partial charge in [-0.15, -0.1) is 23.5 Å². The molecule has 0 saturated heterocycles. The maximum atomic E-state index is 11.9. The molecular formula is C24H32N2O4S2. The van der Waals surface area contributed by atoms with E-state index >= 15 is 0 Å². The molecule has 0 spiro atoms. The third-order valence-corrected chi connectivity index (χ3v) is 6.58. The van der Waals surface area contributed by atoms with E-state index in [-0.39, 0.29) is 11.8 Å². The summed E-state index contributed by atoms with van der Waals surface area (Å²) in [6, 6.07) is 15.7. The van der Waals surface area contributed by atoms with Crippen LogP contribution >= 0.6 is 23.5 Å². The van der Waals surface area contributed by atoms with Crippen molar-refractivity contribution in [3.63, 3.8) is 0 Å². The molecule has 0 aliphatic heterocycles. The van der Waals surface area contributed by atoms with Crippen LogP contribution in [0.15, 0.2) is 48.5 Å². The van der Waals surface area contributed by atoms with Crippen molar-refractivity contribution < 1.29 is 19.1 Å². The summed E-state index contributed by atoms with van der Waals surface area (Å²) in [4.78, 5) is 23.8. The molecule has 174 valence electrons. The Balaban J connectivity index is 1.43. The molecule has 2 N–H and O–H groups in total. The van der Waals surface area contributed by atoms with E-state index in [2.05, 4.69) is 10.6 Å². The topological polar surface area (TPSA) is 76.7 Å². The van der Waals surface area contributed by atoms with Crippen molar-refractivity contribution in [2.75, 3.05) is 38.8 Å². The molecule has 0 aliphatic rings. The molecule has 0 saturated carbocycles. The molecule has 2 amide bonds. The van der Waals surface area contributed by atoms with Crippen LogP contribution < -0.4 is 20.1 Å². The van der Waals surface area contributed by atoms with Crippen LogP contribution in [-0.2, 0) is 21.1 Å². The summed E-state index contributed by atoms with van der Waals surface area (Å²) >= 11 is 3.18. The summed E-state index contributed by atoms with van der Waals surface area (Å²) in [6.45, 7) is 1.26. The van der Waals surface area contributed by atoms with E-state index in [0.717, 1.165) is 35.8 Å². The van der Waals surface area contributed by atoms with Gasteiger partial charge in [0.15, 0.2) is 0 Å². The Morgan fingerprint density at radius 3 is 1.41 bits per heavy atom. The van der Waals surface area contributed by atoms with Gasteiger partial charge in [0.1, 0.15) is 11.5 Å². The Labute approximate surface area is 199 Å². The highest BCUT2D eigenvalue weighted by molar-refractivity contribution is 7.99. The molecule has 0 aromatic heterocycles. The highest BCUT2D eigenvalue weighted by atomic mass is 32.2. The molecule has 32 heavy (non-hydrogen) atoms. The number of methoxy groups -OCH3 is 2. The van der Waals surface area contributed by atoms with Gasteiger partial charge >= 0.3 is 0 Å². The lowest BCUT2D eigenvalue weighted by Gasteiger charge is -2.07. The van der Waals surface area contributed by atoms with Crippen molar-refractivity contribution in [3.05, 3.63) is 59.7 Å². The summed E-state index contributed by atoms with van der Waals surface area (Å²) in [7, 11) is 3.29. The zero-order valence-corrected chi connectivity index (χ0v) is 20.4. The molecule has 8 heteroatoms. The SMILES string of the molecule is COc1ccc(CSCC(=O)NCCCCNC(=O)CSCc2ccc(OC)cc2)cc1. The van der Waals surface area contributed by atoms with Gasteiger partial charge < -0.3 is 20.1 Å². The van der Waals surface area contributed by atoms with Crippen LogP contribution in [0.5, 0.6) is 11.5 Å². The minimum atomic E-state index is 0.0440. The summed E-state index contributed by atoms with van der Waals surface area (Å²) in [5.74, 6) is 4.22. The van der Waals surface area contributed by atoms with Gasteiger partial charge in [-0.2, -0.15) is 0 Å². The third kappa shape index (κ3) is 10.8. The Morgan fingerprint density at radius 2 is 1.06 bits per heavy atom. The standard InChI is InChI=1S/C24H32N2O4S2/c1-29-21-9-5-19(6-10-21)15-31-17-23(27)25-13-3-4-14-26-24(28)18-32-16-20-7-11-22(30-2)12-8-20/h5-12H,3-4,13-18H2,1-2H3,(H,25,27)(H,26,28). The first-order chi connectivity index (χ1) is 15.6. The van der Waals surface area contributed by atoms with Gasteiger partial charge in [0, 0.05) is 24.6 Å². The molecule has 0 heterocycles. The van der Waals surface area contributed by atoms with Gasteiger partial charge in [-0.1, -0.05) is 24.3 Å². The number of hydrogen-bond acceptors (Lipinski definition) is 6. The Hall–Kier alpha value is -2.32. The lowest BCUT2D eigenvalue weighted by atomic mass is 10.2. The molecule has 2 aromatic carbocycles. The first kappa shape index (κ1) is 25.9. The largest absolute Gasteiger partial charge is 0.497 e. The molecule has 2 rings (SSSR count). The van der Waals surface area contributed by atoms with Crippen LogP contribution in [0.1, 0.15) is 24.0 Å². The van der Waals surface area contributed by atoms with Crippen molar-refractivity contribution >= 4 is 35.3 Å². The van der Waals surface area contributed by atoms with Crippen LogP contribution in [0, 0.1) is 0 Å². The number of ether oxygens (including phenoxy) is 2. The highest BCUT2D eigenvalue weighted by Crippen LogP contribution is 2.17. The second-order valence-corrected chi connectivity index (χ2v) is 9.06. The molecule has 0 atom stereocenters. The number of carbonyl (C=O) groups excluding carboxylic acids is 2. The Kier molecular flexibility index (Phi) is 12.5. The van der Waals surface area contributed by atoms with Crippen molar-refractivity contribution in [1.29, 1.82) is 0 Å². The lowest BCUT2D eigenvalue weighted by molar-refractivity contribution is -0.119. The molecule has 0 radical (unpaired) electrons. The highest BCUT2D eigenvalue weighted by Gasteiger charge is 2.04. The normalized spacial score (nSPS) is 10.4. The fraction of sp³-hybridized carbons (Fsp3) is 0.417. The van der Waals surface area contributed by atoms with Gasteiger partial charge in [-0.25, -0.2) is 0 Å². The van der Waals surface area contributed by atoms with Crippen LogP contribution in [0.2, 0.25) is 0 Å². The Bertz CT molecular complexity index is 744. The quantitative estimate of drug-likeness (QED) is 0.380. The van der Waals surface area contributed by atoms with Gasteiger partial charge in [-0.3, -0.25) is 9.59 Å². The monoisotopic (exact) mass is 476 g/mol. The van der Waals surface area contributed by atoms with Crippen molar-refractivity contribution in [2.24, 2.45) is 0 Å². The summed E-state index contributed by atoms with van der Waals surface area (Å²) in [6.07, 6.45) is 1.68. The van der Waals surface area contributed by atoms with E-state index in [1.165, 1.54) is 11.1 Å². The van der Waals surface area contributed by atoms with E-state index < -0.39 is 0 Å². The van der Waals surface area contributed by atoms with Crippen molar-refractivity contribution in [3.8, 4) is 11.5 Å². The first-order valence-electron chi connectivity index (χ1n) is 10.6. The first-order valence-corrected chi connectivity index (χ1v) is 12.9. The lowest BCUT2D eigenvalue weighted by Crippen LogP contribution is -2.29. The maximum absolute atomic E-state index is 11.9. The molecule has 2 aromatic rings. The minimum absolute atomic E-state index is 0.0440. The third-order valence-electron chi connectivity index (χ3n) is 4.57. The van der Waals surface area contributed by atoms with Crippen LogP contribution in [0.25, 0.3) is 0 Å². The molecule has 0 unspecified atom stereocenters. The fourth-order valence-electron chi connectivity index (χ4n) is 2.77. The number of hydrogen-bond donors (Lipinski definition) is 2. The summed E-state index contributed by atoms with van der Waals surface area (Å²) in [5.41, 5.74) is 2.34. The number of amides is 2. The maximum Gasteiger partial charge on any atom is 0.230 e. The average molecular weight is 477 g/mol. The average Bonchev–Trinajstić information content (AvgIpc) is 2.82. The zero-order chi connectivity index (χ0) is 23.0. The van der Waals surface area contributed by atoms with Crippen LogP contribution in [0.4, 0.5) is 0 Å². The van der Waals surface area contributed by atoms with Crippen LogP contribution in [0.3, 0.4) is 0 Å². The molecule has 0 bridgehead atoms. The number of benzene rings is 2. The van der Waals surface area contributed by atoms with E-state index in [0.29, 0.717) is 24.6 Å². The number of rotatable bonds is 15. The van der Waals surface area contributed by atoms with Gasteiger partial charge in [0.25, 0.3) is 0 Å². The number of nitrogens with one attached hydrogen (secondary N) is 2. The summed E-state index contributed by atoms with van der Waals surface area (Å²) < 4.78 is 10.3. The number of thioether (sulfide) groups is 2. The zero-order valence-electron chi connectivity index (χ0n) is 18.7. The summed E-state index contributed by atoms with van der Waals surface area (Å²) in [5, 5.41) is 5.86. The van der Waals surface area contributed by atoms with Gasteiger partial charge in [0.05, 0.1) is 25.7 Å². The number of unbranched alkanes of at least 4 members (excludes halogenated alkanes) is 1. The molecule has 0 aliphatic carbocycles. The molecule has 6 nitrogen and oxygen atoms in total. The van der Waals surface area contributed by atoms with Gasteiger partial charge in [-0.05, 0) is 48.2 Å². The smallest absolute Gasteiger partial charge is 0.230 e. The molecule has 0 fully saturated rings. The second kappa shape index (κ2) is 15.5. The van der Waals surface area contributed by atoms with Crippen LogP contribution in [-0.4, -0.2) is 50.6 Å². The van der Waals surface area contributed by atoms with Gasteiger partial charge in [0.2, 0.25) is 11.8 Å². The fourth-order valence-corrected chi connectivity index (χ4v) is 4.41. The molecular weight excluding hydrogens is 444 g/mol. The second-order valence-electron chi connectivity index (χ2n) is 7.09. The van der Waals surface area contributed by atoms with Crippen molar-refractivity contribution in [2.45, 2.75) is 24.3 Å². The van der Waals surface area contributed by atoms with E-state index in [4.69, 9.17) is 9.47 Å².